The monoisotopic (exact) mass is 250 g/mol. The number of aryl methyl sites for hydroxylation is 1. The van der Waals surface area contributed by atoms with Gasteiger partial charge in [0, 0.05) is 0 Å². The van der Waals surface area contributed by atoms with Crippen LogP contribution >= 0.6 is 0 Å². The molecule has 2 aromatic carbocycles. The number of hydrogen-bond donors (Lipinski definition) is 1. The number of fused-ring (bicyclic) bond motifs is 2. The van der Waals surface area contributed by atoms with E-state index in [2.05, 4.69) is 30.3 Å². The maximum Gasteiger partial charge on any atom is 0.115 e. The lowest BCUT2D eigenvalue weighted by atomic mass is 9.70. The van der Waals surface area contributed by atoms with Gasteiger partial charge in [0.2, 0.25) is 0 Å². The molecule has 1 heteroatoms. The summed E-state index contributed by atoms with van der Waals surface area (Å²) in [7, 11) is 0. The molecule has 96 valence electrons. The molecule has 1 N–H and O–H groups in total. The number of phenolic OH excluding ortho intramolecular Hbond substituents is 1. The van der Waals surface area contributed by atoms with Crippen molar-refractivity contribution in [3.63, 3.8) is 0 Å². The Bertz CT molecular complexity index is 617. The summed E-state index contributed by atoms with van der Waals surface area (Å²) in [5, 5.41) is 9.59. The maximum absolute atomic E-state index is 9.59. The highest BCUT2D eigenvalue weighted by atomic mass is 16.3. The summed E-state index contributed by atoms with van der Waals surface area (Å²) >= 11 is 0. The van der Waals surface area contributed by atoms with Crippen molar-refractivity contribution in [2.45, 2.75) is 32.1 Å². The van der Waals surface area contributed by atoms with Crippen LogP contribution in [0.1, 0.15) is 28.7 Å². The standard InChI is InChI=1S/C18H18O/c19-17-6-5-16-12-18(8-7-13(16)9-17)10-14-3-1-2-4-15(14)11-18/h1-6,9,19H,7-8,10-12H2. The lowest BCUT2D eigenvalue weighted by Crippen LogP contribution is -2.29. The van der Waals surface area contributed by atoms with Crippen LogP contribution in [0.4, 0.5) is 0 Å². The van der Waals surface area contributed by atoms with E-state index in [-0.39, 0.29) is 0 Å². The van der Waals surface area contributed by atoms with Gasteiger partial charge in [-0.15, -0.1) is 0 Å². The van der Waals surface area contributed by atoms with Crippen LogP contribution in [0.5, 0.6) is 5.75 Å². The van der Waals surface area contributed by atoms with Gasteiger partial charge in [-0.05, 0) is 71.9 Å². The van der Waals surface area contributed by atoms with Crippen LogP contribution in [0.15, 0.2) is 42.5 Å². The number of aromatic hydroxyl groups is 1. The van der Waals surface area contributed by atoms with Crippen molar-refractivity contribution < 1.29 is 5.11 Å². The normalized spacial score (nSPS) is 19.2. The smallest absolute Gasteiger partial charge is 0.115 e. The molecule has 0 atom stereocenters. The second-order valence-electron chi connectivity index (χ2n) is 6.25. The van der Waals surface area contributed by atoms with E-state index in [1.165, 1.54) is 30.4 Å². The molecule has 19 heavy (non-hydrogen) atoms. The van der Waals surface area contributed by atoms with Crippen molar-refractivity contribution in [2.24, 2.45) is 5.41 Å². The quantitative estimate of drug-likeness (QED) is 0.756. The average molecular weight is 250 g/mol. The highest BCUT2D eigenvalue weighted by Crippen LogP contribution is 2.46. The predicted molar refractivity (Wildman–Crippen MR) is 76.4 cm³/mol. The molecular weight excluding hydrogens is 232 g/mol. The van der Waals surface area contributed by atoms with Crippen LogP contribution < -0.4 is 0 Å². The van der Waals surface area contributed by atoms with E-state index < -0.39 is 0 Å². The number of phenols is 1. The zero-order valence-electron chi connectivity index (χ0n) is 11.0. The van der Waals surface area contributed by atoms with Gasteiger partial charge in [0.05, 0.1) is 0 Å². The molecular formula is C18H18O. The van der Waals surface area contributed by atoms with Crippen LogP contribution in [-0.2, 0) is 25.7 Å². The molecule has 0 unspecified atom stereocenters. The topological polar surface area (TPSA) is 20.2 Å². The van der Waals surface area contributed by atoms with E-state index in [1.54, 1.807) is 11.1 Å². The van der Waals surface area contributed by atoms with Crippen LogP contribution in [-0.4, -0.2) is 5.11 Å². The summed E-state index contributed by atoms with van der Waals surface area (Å²) in [5.41, 5.74) is 6.32. The van der Waals surface area contributed by atoms with E-state index in [4.69, 9.17) is 0 Å². The molecule has 0 saturated heterocycles. The van der Waals surface area contributed by atoms with Crippen molar-refractivity contribution in [2.75, 3.05) is 0 Å². The summed E-state index contributed by atoms with van der Waals surface area (Å²) in [4.78, 5) is 0. The zero-order chi connectivity index (χ0) is 12.9. The lowest BCUT2D eigenvalue weighted by molar-refractivity contribution is 0.261. The fourth-order valence-electron chi connectivity index (χ4n) is 3.98. The maximum atomic E-state index is 9.59. The molecule has 0 bridgehead atoms. The van der Waals surface area contributed by atoms with E-state index in [1.807, 2.05) is 12.1 Å². The van der Waals surface area contributed by atoms with Crippen molar-refractivity contribution in [1.29, 1.82) is 0 Å². The van der Waals surface area contributed by atoms with Gasteiger partial charge >= 0.3 is 0 Å². The number of hydrogen-bond acceptors (Lipinski definition) is 1. The van der Waals surface area contributed by atoms with E-state index in [9.17, 15) is 5.11 Å². The minimum absolute atomic E-state index is 0.407. The molecule has 0 radical (unpaired) electrons. The largest absolute Gasteiger partial charge is 0.508 e. The van der Waals surface area contributed by atoms with Gasteiger partial charge in [-0.3, -0.25) is 0 Å². The van der Waals surface area contributed by atoms with Gasteiger partial charge in [-0.2, -0.15) is 0 Å². The highest BCUT2D eigenvalue weighted by molar-refractivity contribution is 5.41. The summed E-state index contributed by atoms with van der Waals surface area (Å²) in [6.45, 7) is 0. The molecule has 0 heterocycles. The molecule has 2 aliphatic carbocycles. The van der Waals surface area contributed by atoms with E-state index in [0.717, 1.165) is 12.8 Å². The Morgan fingerprint density at radius 1 is 0.789 bits per heavy atom. The lowest BCUT2D eigenvalue weighted by Gasteiger charge is -2.34. The molecule has 1 nitrogen and oxygen atoms in total. The Balaban J connectivity index is 1.68. The fraction of sp³-hybridized carbons (Fsp3) is 0.333. The SMILES string of the molecule is Oc1ccc2c(c1)CCC1(C2)Cc2ccccc2C1. The zero-order valence-corrected chi connectivity index (χ0v) is 11.0. The van der Waals surface area contributed by atoms with Gasteiger partial charge in [0.25, 0.3) is 0 Å². The van der Waals surface area contributed by atoms with Crippen molar-refractivity contribution in [3.05, 3.63) is 64.7 Å². The predicted octanol–water partition coefficient (Wildman–Crippen LogP) is 3.67. The fourth-order valence-corrected chi connectivity index (χ4v) is 3.98. The van der Waals surface area contributed by atoms with Crippen molar-refractivity contribution in [3.8, 4) is 5.75 Å². The molecule has 0 aromatic heterocycles. The molecule has 0 amide bonds. The highest BCUT2D eigenvalue weighted by Gasteiger charge is 2.39. The summed E-state index contributed by atoms with van der Waals surface area (Å²) in [6, 6.07) is 14.8. The van der Waals surface area contributed by atoms with Crippen molar-refractivity contribution in [1.82, 2.24) is 0 Å². The Kier molecular flexibility index (Phi) is 2.26. The Hall–Kier alpha value is -1.76. The third-order valence-corrected chi connectivity index (χ3v) is 4.93. The first-order valence-electron chi connectivity index (χ1n) is 7.12. The van der Waals surface area contributed by atoms with Gasteiger partial charge in [-0.1, -0.05) is 30.3 Å². The van der Waals surface area contributed by atoms with E-state index in [0.29, 0.717) is 11.2 Å². The number of rotatable bonds is 0. The molecule has 1 spiro atoms. The van der Waals surface area contributed by atoms with Crippen LogP contribution in [0.3, 0.4) is 0 Å². The summed E-state index contributed by atoms with van der Waals surface area (Å²) in [6.07, 6.45) is 5.97. The molecule has 0 aliphatic heterocycles. The molecule has 0 fully saturated rings. The average Bonchev–Trinajstić information content (AvgIpc) is 2.77. The first-order chi connectivity index (χ1) is 9.24. The minimum atomic E-state index is 0.407. The Morgan fingerprint density at radius 2 is 1.42 bits per heavy atom. The second-order valence-corrected chi connectivity index (χ2v) is 6.25. The molecule has 0 saturated carbocycles. The van der Waals surface area contributed by atoms with Gasteiger partial charge in [-0.25, -0.2) is 0 Å². The third kappa shape index (κ3) is 1.76. The Labute approximate surface area is 113 Å². The Morgan fingerprint density at radius 3 is 2.11 bits per heavy atom. The van der Waals surface area contributed by atoms with Crippen LogP contribution in [0.2, 0.25) is 0 Å². The third-order valence-electron chi connectivity index (χ3n) is 4.93. The number of benzene rings is 2. The van der Waals surface area contributed by atoms with Gasteiger partial charge in [0.1, 0.15) is 5.75 Å². The second kappa shape index (κ2) is 3.86. The summed E-state index contributed by atoms with van der Waals surface area (Å²) in [5.74, 6) is 0.407. The van der Waals surface area contributed by atoms with Gasteiger partial charge < -0.3 is 5.11 Å². The van der Waals surface area contributed by atoms with Gasteiger partial charge in [0.15, 0.2) is 0 Å². The molecule has 2 aliphatic rings. The molecule has 4 rings (SSSR count). The minimum Gasteiger partial charge on any atom is -0.508 e. The van der Waals surface area contributed by atoms with Crippen LogP contribution in [0.25, 0.3) is 0 Å². The first-order valence-corrected chi connectivity index (χ1v) is 7.12. The van der Waals surface area contributed by atoms with E-state index >= 15 is 0 Å². The van der Waals surface area contributed by atoms with Crippen molar-refractivity contribution >= 4 is 0 Å². The first kappa shape index (κ1) is 11.1. The molecule has 2 aromatic rings. The summed E-state index contributed by atoms with van der Waals surface area (Å²) < 4.78 is 0. The van der Waals surface area contributed by atoms with Crippen LogP contribution in [0, 0.1) is 5.41 Å².